The van der Waals surface area contributed by atoms with Gasteiger partial charge >= 0.3 is 0 Å². The second-order valence-corrected chi connectivity index (χ2v) is 7.03. The molecule has 0 fully saturated rings. The number of halogens is 1. The van der Waals surface area contributed by atoms with Crippen molar-refractivity contribution in [3.8, 4) is 17.2 Å². The van der Waals surface area contributed by atoms with Crippen molar-refractivity contribution in [1.29, 1.82) is 0 Å². The van der Waals surface area contributed by atoms with E-state index in [4.69, 9.17) is 14.2 Å². The standard InChI is InChI=1S/C25H29NO3.ClH/c1-19-4-6-22(7-5-19)18-29-23-11-8-21(9-12-23)17-26-15-14-20-10-13-24(27-2)25(16-20)28-3;/h4-13,16,26H,14-15,17-18H2,1-3H3;1H. The van der Waals surface area contributed by atoms with Crippen LogP contribution in [0.5, 0.6) is 17.2 Å². The van der Waals surface area contributed by atoms with E-state index in [2.05, 4.69) is 54.7 Å². The first-order chi connectivity index (χ1) is 14.2. The van der Waals surface area contributed by atoms with Crippen molar-refractivity contribution in [2.45, 2.75) is 26.5 Å². The van der Waals surface area contributed by atoms with Gasteiger partial charge in [-0.1, -0.05) is 48.0 Å². The highest BCUT2D eigenvalue weighted by Crippen LogP contribution is 2.27. The summed E-state index contributed by atoms with van der Waals surface area (Å²) in [4.78, 5) is 0. The highest BCUT2D eigenvalue weighted by atomic mass is 35.5. The lowest BCUT2D eigenvalue weighted by atomic mass is 10.1. The molecule has 30 heavy (non-hydrogen) atoms. The molecule has 0 aliphatic heterocycles. The average molecular weight is 428 g/mol. The van der Waals surface area contributed by atoms with Gasteiger partial charge in [-0.3, -0.25) is 0 Å². The summed E-state index contributed by atoms with van der Waals surface area (Å²) in [6.07, 6.45) is 0.929. The maximum atomic E-state index is 5.87. The van der Waals surface area contributed by atoms with E-state index in [0.29, 0.717) is 6.61 Å². The third-order valence-electron chi connectivity index (χ3n) is 4.82. The summed E-state index contributed by atoms with van der Waals surface area (Å²) in [7, 11) is 3.31. The topological polar surface area (TPSA) is 39.7 Å². The zero-order valence-electron chi connectivity index (χ0n) is 17.8. The van der Waals surface area contributed by atoms with Crippen LogP contribution in [0, 0.1) is 6.92 Å². The lowest BCUT2D eigenvalue weighted by Crippen LogP contribution is -2.16. The number of ether oxygens (including phenoxy) is 3. The lowest BCUT2D eigenvalue weighted by molar-refractivity contribution is 0.306. The SMILES string of the molecule is COc1ccc(CCNCc2ccc(OCc3ccc(C)cc3)cc2)cc1OC.Cl. The molecule has 160 valence electrons. The van der Waals surface area contributed by atoms with E-state index in [1.807, 2.05) is 24.3 Å². The predicted octanol–water partition coefficient (Wildman–Crippen LogP) is 5.35. The molecule has 3 aromatic carbocycles. The molecule has 0 heterocycles. The van der Waals surface area contributed by atoms with E-state index in [0.717, 1.165) is 36.8 Å². The molecule has 3 aromatic rings. The zero-order chi connectivity index (χ0) is 20.5. The van der Waals surface area contributed by atoms with E-state index >= 15 is 0 Å². The van der Waals surface area contributed by atoms with Crippen molar-refractivity contribution in [3.05, 3.63) is 89.0 Å². The van der Waals surface area contributed by atoms with Crippen molar-refractivity contribution in [1.82, 2.24) is 5.32 Å². The van der Waals surface area contributed by atoms with Crippen molar-refractivity contribution < 1.29 is 14.2 Å². The van der Waals surface area contributed by atoms with Crippen LogP contribution in [0.3, 0.4) is 0 Å². The summed E-state index contributed by atoms with van der Waals surface area (Å²) < 4.78 is 16.5. The highest BCUT2D eigenvalue weighted by molar-refractivity contribution is 5.85. The quantitative estimate of drug-likeness (QED) is 0.443. The van der Waals surface area contributed by atoms with Crippen LogP contribution in [0.4, 0.5) is 0 Å². The van der Waals surface area contributed by atoms with Crippen LogP contribution in [0.25, 0.3) is 0 Å². The Balaban J connectivity index is 0.00000320. The van der Waals surface area contributed by atoms with E-state index in [9.17, 15) is 0 Å². The molecule has 0 saturated heterocycles. The van der Waals surface area contributed by atoms with Crippen molar-refractivity contribution in [2.24, 2.45) is 0 Å². The number of hydrogen-bond donors (Lipinski definition) is 1. The molecule has 0 aliphatic carbocycles. The Morgan fingerprint density at radius 2 is 1.37 bits per heavy atom. The average Bonchev–Trinajstić information content (AvgIpc) is 2.77. The number of nitrogens with one attached hydrogen (secondary N) is 1. The van der Waals surface area contributed by atoms with E-state index in [1.54, 1.807) is 14.2 Å². The van der Waals surface area contributed by atoms with Gasteiger partial charge in [0.15, 0.2) is 11.5 Å². The summed E-state index contributed by atoms with van der Waals surface area (Å²) >= 11 is 0. The summed E-state index contributed by atoms with van der Waals surface area (Å²) in [5.74, 6) is 2.42. The smallest absolute Gasteiger partial charge is 0.160 e. The van der Waals surface area contributed by atoms with Gasteiger partial charge in [0.1, 0.15) is 12.4 Å². The van der Waals surface area contributed by atoms with Gasteiger partial charge in [-0.05, 0) is 60.8 Å². The maximum Gasteiger partial charge on any atom is 0.160 e. The van der Waals surface area contributed by atoms with Gasteiger partial charge in [0.05, 0.1) is 14.2 Å². The Kier molecular flexibility index (Phi) is 9.52. The first-order valence-electron chi connectivity index (χ1n) is 9.87. The molecule has 0 aliphatic rings. The van der Waals surface area contributed by atoms with Crippen LogP contribution in [-0.4, -0.2) is 20.8 Å². The summed E-state index contributed by atoms with van der Waals surface area (Å²) in [6, 6.07) is 22.7. The van der Waals surface area contributed by atoms with Crippen LogP contribution < -0.4 is 19.5 Å². The van der Waals surface area contributed by atoms with E-state index < -0.39 is 0 Å². The molecule has 0 amide bonds. The Morgan fingerprint density at radius 3 is 2.03 bits per heavy atom. The van der Waals surface area contributed by atoms with Crippen molar-refractivity contribution >= 4 is 12.4 Å². The van der Waals surface area contributed by atoms with Gasteiger partial charge in [0.2, 0.25) is 0 Å². The molecular formula is C25H30ClNO3. The van der Waals surface area contributed by atoms with Crippen LogP contribution in [0.15, 0.2) is 66.7 Å². The van der Waals surface area contributed by atoms with Crippen LogP contribution >= 0.6 is 12.4 Å². The Hall–Kier alpha value is -2.69. The maximum absolute atomic E-state index is 5.87. The summed E-state index contributed by atoms with van der Waals surface area (Å²) in [5.41, 5.74) is 4.89. The fourth-order valence-corrected chi connectivity index (χ4v) is 3.06. The summed E-state index contributed by atoms with van der Waals surface area (Å²) in [6.45, 7) is 4.39. The number of rotatable bonds is 10. The second kappa shape index (κ2) is 12.1. The van der Waals surface area contributed by atoms with Gasteiger partial charge in [-0.2, -0.15) is 0 Å². The fourth-order valence-electron chi connectivity index (χ4n) is 3.06. The monoisotopic (exact) mass is 427 g/mol. The summed E-state index contributed by atoms with van der Waals surface area (Å²) in [5, 5.41) is 3.49. The van der Waals surface area contributed by atoms with Crippen LogP contribution in [0.2, 0.25) is 0 Å². The molecule has 0 spiro atoms. The lowest BCUT2D eigenvalue weighted by Gasteiger charge is -2.10. The predicted molar refractivity (Wildman–Crippen MR) is 124 cm³/mol. The number of hydrogen-bond acceptors (Lipinski definition) is 4. The Bertz CT molecular complexity index is 895. The molecule has 0 bridgehead atoms. The van der Waals surface area contributed by atoms with Gasteiger partial charge in [0, 0.05) is 6.54 Å². The minimum atomic E-state index is 0. The van der Waals surface area contributed by atoms with Gasteiger partial charge in [-0.25, -0.2) is 0 Å². The zero-order valence-corrected chi connectivity index (χ0v) is 18.6. The van der Waals surface area contributed by atoms with Crippen LogP contribution in [-0.2, 0) is 19.6 Å². The highest BCUT2D eigenvalue weighted by Gasteiger charge is 2.04. The fraction of sp³-hybridized carbons (Fsp3) is 0.280. The normalized spacial score (nSPS) is 10.2. The van der Waals surface area contributed by atoms with Gasteiger partial charge < -0.3 is 19.5 Å². The van der Waals surface area contributed by atoms with Crippen molar-refractivity contribution in [2.75, 3.05) is 20.8 Å². The molecule has 1 N–H and O–H groups in total. The Labute approximate surface area is 185 Å². The van der Waals surface area contributed by atoms with Crippen LogP contribution in [0.1, 0.15) is 22.3 Å². The Morgan fingerprint density at radius 1 is 0.733 bits per heavy atom. The molecular weight excluding hydrogens is 398 g/mol. The van der Waals surface area contributed by atoms with Gasteiger partial charge in [0.25, 0.3) is 0 Å². The first-order valence-corrected chi connectivity index (χ1v) is 9.87. The number of benzene rings is 3. The number of methoxy groups -OCH3 is 2. The minimum Gasteiger partial charge on any atom is -0.493 e. The van der Waals surface area contributed by atoms with Gasteiger partial charge in [-0.15, -0.1) is 12.4 Å². The molecule has 0 saturated carbocycles. The molecule has 0 aromatic heterocycles. The largest absolute Gasteiger partial charge is 0.493 e. The van der Waals surface area contributed by atoms with E-state index in [-0.39, 0.29) is 12.4 Å². The molecule has 0 atom stereocenters. The third kappa shape index (κ3) is 6.97. The number of aryl methyl sites for hydroxylation is 1. The third-order valence-corrected chi connectivity index (χ3v) is 4.82. The molecule has 0 radical (unpaired) electrons. The molecule has 4 nitrogen and oxygen atoms in total. The first kappa shape index (κ1) is 23.6. The second-order valence-electron chi connectivity index (χ2n) is 7.03. The molecule has 5 heteroatoms. The van der Waals surface area contributed by atoms with E-state index in [1.165, 1.54) is 22.3 Å². The minimum absolute atomic E-state index is 0. The molecule has 3 rings (SSSR count). The van der Waals surface area contributed by atoms with Crippen molar-refractivity contribution in [3.63, 3.8) is 0 Å². The molecule has 0 unspecified atom stereocenters.